The normalized spacial score (nSPS) is 24.0. The maximum Gasteiger partial charge on any atom is 0.248 e. The highest BCUT2D eigenvalue weighted by molar-refractivity contribution is 5.93. The van der Waals surface area contributed by atoms with Gasteiger partial charge in [-0.25, -0.2) is 0 Å². The first-order valence-corrected chi connectivity index (χ1v) is 9.40. The van der Waals surface area contributed by atoms with E-state index in [4.69, 9.17) is 4.52 Å². The van der Waals surface area contributed by atoms with Crippen LogP contribution >= 0.6 is 0 Å². The average molecular weight is 347 g/mol. The summed E-state index contributed by atoms with van der Waals surface area (Å²) in [4.78, 5) is 29.9. The second kappa shape index (κ2) is 6.81. The van der Waals surface area contributed by atoms with Crippen LogP contribution in [0, 0.1) is 13.8 Å². The molecule has 2 amide bonds. The van der Waals surface area contributed by atoms with E-state index in [0.29, 0.717) is 19.4 Å². The van der Waals surface area contributed by atoms with Gasteiger partial charge in [-0.15, -0.1) is 0 Å². The molecule has 1 aromatic heterocycles. The quantitative estimate of drug-likeness (QED) is 0.840. The summed E-state index contributed by atoms with van der Waals surface area (Å²) < 4.78 is 5.18. The van der Waals surface area contributed by atoms with Crippen molar-refractivity contribution in [3.8, 4) is 0 Å². The largest absolute Gasteiger partial charge is 0.361 e. The number of carbonyl (C=O) groups is 2. The number of piperidine rings is 1. The molecule has 138 valence electrons. The zero-order valence-corrected chi connectivity index (χ0v) is 15.8. The smallest absolute Gasteiger partial charge is 0.248 e. The lowest BCUT2D eigenvalue weighted by atomic mass is 9.84. The van der Waals surface area contributed by atoms with Gasteiger partial charge >= 0.3 is 0 Å². The highest BCUT2D eigenvalue weighted by Crippen LogP contribution is 2.39. The molecule has 1 unspecified atom stereocenters. The van der Waals surface area contributed by atoms with Crippen LogP contribution in [0.3, 0.4) is 0 Å². The van der Waals surface area contributed by atoms with E-state index < -0.39 is 5.54 Å². The molecule has 1 spiro atoms. The van der Waals surface area contributed by atoms with Crippen molar-refractivity contribution in [2.75, 3.05) is 13.1 Å². The minimum atomic E-state index is -0.599. The van der Waals surface area contributed by atoms with E-state index in [-0.39, 0.29) is 17.9 Å². The molecule has 1 aromatic rings. The van der Waals surface area contributed by atoms with Gasteiger partial charge < -0.3 is 14.3 Å². The Morgan fingerprint density at radius 2 is 1.92 bits per heavy atom. The predicted octanol–water partition coefficient (Wildman–Crippen LogP) is 2.62. The number of amides is 2. The van der Waals surface area contributed by atoms with E-state index in [9.17, 15) is 9.59 Å². The number of hydrogen-bond acceptors (Lipinski definition) is 4. The molecule has 2 aliphatic rings. The number of aromatic nitrogens is 1. The Labute approximate surface area is 149 Å². The van der Waals surface area contributed by atoms with Crippen molar-refractivity contribution in [3.05, 3.63) is 17.0 Å². The maximum atomic E-state index is 13.2. The van der Waals surface area contributed by atoms with Gasteiger partial charge in [0.05, 0.1) is 5.69 Å². The van der Waals surface area contributed by atoms with Crippen LogP contribution < -0.4 is 0 Å². The van der Waals surface area contributed by atoms with Gasteiger partial charge in [0, 0.05) is 31.1 Å². The van der Waals surface area contributed by atoms with Crippen molar-refractivity contribution in [1.82, 2.24) is 15.0 Å². The van der Waals surface area contributed by atoms with E-state index in [0.717, 1.165) is 49.2 Å². The molecule has 2 fully saturated rings. The SMILES string of the molecule is Cc1noc(C)c1CCC(=O)N1CCCC12CCCN(C(C)C)C2=O. The molecule has 2 saturated heterocycles. The minimum absolute atomic E-state index is 0.0801. The Hall–Kier alpha value is -1.85. The molecule has 25 heavy (non-hydrogen) atoms. The fraction of sp³-hybridized carbons (Fsp3) is 0.737. The fourth-order valence-electron chi connectivity index (χ4n) is 4.46. The van der Waals surface area contributed by atoms with Crippen LogP contribution in [0.15, 0.2) is 4.52 Å². The van der Waals surface area contributed by atoms with Crippen LogP contribution in [0.25, 0.3) is 0 Å². The third-order valence-corrected chi connectivity index (χ3v) is 5.83. The summed E-state index contributed by atoms with van der Waals surface area (Å²) in [6.45, 7) is 9.38. The zero-order chi connectivity index (χ0) is 18.2. The number of aryl methyl sites for hydroxylation is 2. The first-order chi connectivity index (χ1) is 11.9. The zero-order valence-electron chi connectivity index (χ0n) is 15.8. The summed E-state index contributed by atoms with van der Waals surface area (Å²) in [6, 6.07) is 0.185. The van der Waals surface area contributed by atoms with Crippen molar-refractivity contribution in [3.63, 3.8) is 0 Å². The van der Waals surface area contributed by atoms with Crippen molar-refractivity contribution < 1.29 is 14.1 Å². The summed E-state index contributed by atoms with van der Waals surface area (Å²) in [5.74, 6) is 1.01. The van der Waals surface area contributed by atoms with Gasteiger partial charge in [-0.2, -0.15) is 0 Å². The average Bonchev–Trinajstić information content (AvgIpc) is 3.13. The summed E-state index contributed by atoms with van der Waals surface area (Å²) in [6.07, 6.45) is 4.50. The molecule has 0 saturated carbocycles. The lowest BCUT2D eigenvalue weighted by molar-refractivity contribution is -0.156. The Kier molecular flexibility index (Phi) is 4.89. The van der Waals surface area contributed by atoms with Crippen LogP contribution in [-0.2, 0) is 16.0 Å². The highest BCUT2D eigenvalue weighted by Gasteiger charge is 2.52. The second-order valence-electron chi connectivity index (χ2n) is 7.68. The van der Waals surface area contributed by atoms with Gasteiger partial charge in [0.25, 0.3) is 0 Å². The molecule has 0 N–H and O–H groups in total. The van der Waals surface area contributed by atoms with Gasteiger partial charge in [-0.1, -0.05) is 5.16 Å². The van der Waals surface area contributed by atoms with Gasteiger partial charge in [-0.3, -0.25) is 9.59 Å². The van der Waals surface area contributed by atoms with E-state index >= 15 is 0 Å². The second-order valence-corrected chi connectivity index (χ2v) is 7.68. The lowest BCUT2D eigenvalue weighted by Gasteiger charge is -2.46. The topological polar surface area (TPSA) is 66.7 Å². The van der Waals surface area contributed by atoms with Crippen LogP contribution in [0.1, 0.15) is 63.0 Å². The summed E-state index contributed by atoms with van der Waals surface area (Å²) >= 11 is 0. The number of nitrogens with zero attached hydrogens (tertiary/aromatic N) is 3. The molecule has 6 heteroatoms. The van der Waals surface area contributed by atoms with Crippen molar-refractivity contribution in [2.45, 2.75) is 77.8 Å². The highest BCUT2D eigenvalue weighted by atomic mass is 16.5. The first-order valence-electron chi connectivity index (χ1n) is 9.40. The van der Waals surface area contributed by atoms with E-state index in [1.165, 1.54) is 0 Å². The Balaban J connectivity index is 1.74. The number of hydrogen-bond donors (Lipinski definition) is 0. The van der Waals surface area contributed by atoms with Crippen molar-refractivity contribution >= 4 is 11.8 Å². The van der Waals surface area contributed by atoms with Crippen LogP contribution in [0.5, 0.6) is 0 Å². The van der Waals surface area contributed by atoms with Gasteiger partial charge in [-0.05, 0) is 59.8 Å². The first kappa shape index (κ1) is 18.0. The summed E-state index contributed by atoms with van der Waals surface area (Å²) in [7, 11) is 0. The summed E-state index contributed by atoms with van der Waals surface area (Å²) in [5.41, 5.74) is 1.26. The number of likely N-dealkylation sites (tertiary alicyclic amines) is 2. The Bertz CT molecular complexity index is 647. The lowest BCUT2D eigenvalue weighted by Crippen LogP contribution is -2.62. The summed E-state index contributed by atoms with van der Waals surface area (Å²) in [5, 5.41) is 3.96. The third-order valence-electron chi connectivity index (χ3n) is 5.83. The third kappa shape index (κ3) is 3.07. The number of carbonyl (C=O) groups excluding carboxylic acids is 2. The minimum Gasteiger partial charge on any atom is -0.361 e. The monoisotopic (exact) mass is 347 g/mol. The molecule has 0 radical (unpaired) electrons. The molecule has 3 heterocycles. The standard InChI is InChI=1S/C19H29N3O3/c1-13(2)21-11-5-9-19(18(21)24)10-6-12-22(19)17(23)8-7-16-14(3)20-25-15(16)4/h13H,5-12H2,1-4H3. The van der Waals surface area contributed by atoms with Gasteiger partial charge in [0.2, 0.25) is 11.8 Å². The molecule has 0 aliphatic carbocycles. The van der Waals surface area contributed by atoms with Crippen LogP contribution in [-0.4, -0.2) is 51.4 Å². The van der Waals surface area contributed by atoms with Gasteiger partial charge in [0.1, 0.15) is 11.3 Å². The van der Waals surface area contributed by atoms with Crippen molar-refractivity contribution in [1.29, 1.82) is 0 Å². The Morgan fingerprint density at radius 1 is 1.24 bits per heavy atom. The van der Waals surface area contributed by atoms with Crippen molar-refractivity contribution in [2.24, 2.45) is 0 Å². The number of rotatable bonds is 4. The van der Waals surface area contributed by atoms with Crippen LogP contribution in [0.4, 0.5) is 0 Å². The predicted molar refractivity (Wildman–Crippen MR) is 94.1 cm³/mol. The maximum absolute atomic E-state index is 13.2. The van der Waals surface area contributed by atoms with E-state index in [1.807, 2.05) is 23.6 Å². The molecule has 0 bridgehead atoms. The van der Waals surface area contributed by atoms with E-state index in [2.05, 4.69) is 19.0 Å². The Morgan fingerprint density at radius 3 is 2.52 bits per heavy atom. The molecule has 2 aliphatic heterocycles. The molecule has 6 nitrogen and oxygen atoms in total. The van der Waals surface area contributed by atoms with E-state index in [1.54, 1.807) is 0 Å². The molecular formula is C19H29N3O3. The van der Waals surface area contributed by atoms with Crippen LogP contribution in [0.2, 0.25) is 0 Å². The molecule has 0 aromatic carbocycles. The molecular weight excluding hydrogens is 318 g/mol. The fourth-order valence-corrected chi connectivity index (χ4v) is 4.46. The van der Waals surface area contributed by atoms with Gasteiger partial charge in [0.15, 0.2) is 0 Å². The molecule has 1 atom stereocenters. The molecule has 3 rings (SSSR count).